The highest BCUT2D eigenvalue weighted by atomic mass is 19.2. The van der Waals surface area contributed by atoms with Gasteiger partial charge in [-0.1, -0.05) is 19.9 Å². The van der Waals surface area contributed by atoms with Crippen molar-refractivity contribution in [2.75, 3.05) is 0 Å². The van der Waals surface area contributed by atoms with Gasteiger partial charge >= 0.3 is 0 Å². The summed E-state index contributed by atoms with van der Waals surface area (Å²) in [5, 5.41) is 2.81. The molecule has 0 spiro atoms. The van der Waals surface area contributed by atoms with Crippen LogP contribution in [0.25, 0.3) is 0 Å². The molecular weight excluding hydrogens is 314 g/mol. The Balaban J connectivity index is 2.01. The van der Waals surface area contributed by atoms with Crippen LogP contribution in [-0.2, 0) is 11.3 Å². The van der Waals surface area contributed by atoms with Gasteiger partial charge in [0, 0.05) is 30.8 Å². The monoisotopic (exact) mass is 334 g/mol. The number of aromatic nitrogens is 1. The Morgan fingerprint density at radius 2 is 2.04 bits per heavy atom. The van der Waals surface area contributed by atoms with Gasteiger partial charge in [-0.05, 0) is 30.5 Å². The summed E-state index contributed by atoms with van der Waals surface area (Å²) in [6.07, 6.45) is 2.80. The Hall–Kier alpha value is -2.50. The Kier molecular flexibility index (Phi) is 6.23. The second-order valence-corrected chi connectivity index (χ2v) is 5.85. The van der Waals surface area contributed by atoms with Gasteiger partial charge in [0.1, 0.15) is 5.75 Å². The van der Waals surface area contributed by atoms with Gasteiger partial charge in [-0.15, -0.1) is 0 Å². The lowest BCUT2D eigenvalue weighted by atomic mass is 10.1. The predicted molar refractivity (Wildman–Crippen MR) is 86.6 cm³/mol. The second kappa shape index (κ2) is 8.38. The highest BCUT2D eigenvalue weighted by Crippen LogP contribution is 2.24. The van der Waals surface area contributed by atoms with Crippen molar-refractivity contribution in [2.24, 2.45) is 5.92 Å². The number of hydrogen-bond acceptors (Lipinski definition) is 3. The molecule has 0 fully saturated rings. The van der Waals surface area contributed by atoms with E-state index in [4.69, 9.17) is 4.74 Å². The molecule has 1 heterocycles. The van der Waals surface area contributed by atoms with Crippen molar-refractivity contribution in [2.45, 2.75) is 33.2 Å². The molecule has 1 amide bonds. The third kappa shape index (κ3) is 5.30. The van der Waals surface area contributed by atoms with Crippen LogP contribution < -0.4 is 10.1 Å². The molecule has 4 nitrogen and oxygen atoms in total. The highest BCUT2D eigenvalue weighted by molar-refractivity contribution is 5.75. The zero-order valence-corrected chi connectivity index (χ0v) is 13.7. The first-order chi connectivity index (χ1) is 11.5. The molecule has 0 aliphatic rings. The van der Waals surface area contributed by atoms with Crippen molar-refractivity contribution in [1.29, 1.82) is 0 Å². The van der Waals surface area contributed by atoms with Gasteiger partial charge in [-0.2, -0.15) is 0 Å². The van der Waals surface area contributed by atoms with Crippen LogP contribution in [0, 0.1) is 17.6 Å². The fraction of sp³-hybridized carbons (Fsp3) is 0.333. The summed E-state index contributed by atoms with van der Waals surface area (Å²) in [4.78, 5) is 15.9. The Bertz CT molecular complexity index is 705. The molecule has 0 radical (unpaired) electrons. The Labute approximate surface area is 139 Å². The highest BCUT2D eigenvalue weighted by Gasteiger charge is 2.10. The van der Waals surface area contributed by atoms with E-state index in [-0.39, 0.29) is 24.1 Å². The van der Waals surface area contributed by atoms with Crippen molar-refractivity contribution in [1.82, 2.24) is 10.3 Å². The summed E-state index contributed by atoms with van der Waals surface area (Å²) < 4.78 is 31.7. The number of amides is 1. The molecule has 24 heavy (non-hydrogen) atoms. The van der Waals surface area contributed by atoms with E-state index in [9.17, 15) is 13.6 Å². The molecule has 1 aromatic carbocycles. The van der Waals surface area contributed by atoms with Crippen LogP contribution in [0.1, 0.15) is 32.3 Å². The van der Waals surface area contributed by atoms with E-state index in [0.717, 1.165) is 18.6 Å². The van der Waals surface area contributed by atoms with Crippen LogP contribution in [0.3, 0.4) is 0 Å². The van der Waals surface area contributed by atoms with Gasteiger partial charge in [-0.3, -0.25) is 4.79 Å². The van der Waals surface area contributed by atoms with E-state index < -0.39 is 11.6 Å². The summed E-state index contributed by atoms with van der Waals surface area (Å²) in [6, 6.07) is 6.73. The fourth-order valence-corrected chi connectivity index (χ4v) is 2.00. The SMILES string of the molecule is CC(C)CCC(=O)NCc1cccnc1Oc1ccc(F)c(F)c1. The van der Waals surface area contributed by atoms with Crippen molar-refractivity contribution < 1.29 is 18.3 Å². The minimum absolute atomic E-state index is 0.0497. The first-order valence-corrected chi connectivity index (χ1v) is 7.79. The maximum absolute atomic E-state index is 13.3. The van der Waals surface area contributed by atoms with E-state index in [2.05, 4.69) is 24.1 Å². The number of benzene rings is 1. The lowest BCUT2D eigenvalue weighted by Crippen LogP contribution is -2.23. The Morgan fingerprint density at radius 1 is 1.25 bits per heavy atom. The lowest BCUT2D eigenvalue weighted by Gasteiger charge is -2.11. The maximum Gasteiger partial charge on any atom is 0.224 e. The molecule has 2 rings (SSSR count). The normalized spacial score (nSPS) is 10.7. The molecular formula is C18H20F2N2O2. The van der Waals surface area contributed by atoms with Gasteiger partial charge in [0.05, 0.1) is 0 Å². The molecule has 0 aliphatic carbocycles. The van der Waals surface area contributed by atoms with Crippen LogP contribution in [-0.4, -0.2) is 10.9 Å². The van der Waals surface area contributed by atoms with E-state index in [1.165, 1.54) is 12.3 Å². The number of carbonyl (C=O) groups excluding carboxylic acids is 1. The summed E-state index contributed by atoms with van der Waals surface area (Å²) in [6.45, 7) is 4.37. The summed E-state index contributed by atoms with van der Waals surface area (Å²) in [7, 11) is 0. The Morgan fingerprint density at radius 3 is 2.75 bits per heavy atom. The van der Waals surface area contributed by atoms with Crippen molar-refractivity contribution in [3.05, 3.63) is 53.7 Å². The zero-order chi connectivity index (χ0) is 17.5. The van der Waals surface area contributed by atoms with Gasteiger partial charge in [0.25, 0.3) is 0 Å². The number of hydrogen-bond donors (Lipinski definition) is 1. The molecule has 0 atom stereocenters. The van der Waals surface area contributed by atoms with E-state index in [0.29, 0.717) is 17.9 Å². The minimum atomic E-state index is -0.994. The van der Waals surface area contributed by atoms with Crippen LogP contribution in [0.2, 0.25) is 0 Å². The first kappa shape index (κ1) is 17.8. The second-order valence-electron chi connectivity index (χ2n) is 5.85. The topological polar surface area (TPSA) is 51.2 Å². The number of pyridine rings is 1. The molecule has 0 unspecified atom stereocenters. The van der Waals surface area contributed by atoms with Crippen LogP contribution in [0.15, 0.2) is 36.5 Å². The molecule has 0 saturated carbocycles. The number of carbonyl (C=O) groups is 1. The molecule has 0 aliphatic heterocycles. The number of halogens is 2. The number of nitrogens with one attached hydrogen (secondary N) is 1. The largest absolute Gasteiger partial charge is 0.439 e. The number of ether oxygens (including phenoxy) is 1. The van der Waals surface area contributed by atoms with Crippen molar-refractivity contribution in [3.63, 3.8) is 0 Å². The standard InChI is InChI=1S/C18H20F2N2O2/c1-12(2)5-8-17(23)22-11-13-4-3-9-21-18(13)24-14-6-7-15(19)16(20)10-14/h3-4,6-7,9-10,12H,5,8,11H2,1-2H3,(H,22,23). The average Bonchev–Trinajstić information content (AvgIpc) is 2.55. The van der Waals surface area contributed by atoms with E-state index >= 15 is 0 Å². The van der Waals surface area contributed by atoms with Gasteiger partial charge in [0.15, 0.2) is 11.6 Å². The van der Waals surface area contributed by atoms with E-state index in [1.807, 2.05) is 0 Å². The zero-order valence-electron chi connectivity index (χ0n) is 13.7. The molecule has 0 saturated heterocycles. The third-order valence-electron chi connectivity index (χ3n) is 3.38. The minimum Gasteiger partial charge on any atom is -0.439 e. The molecule has 2 aromatic rings. The summed E-state index contributed by atoms with van der Waals surface area (Å²) >= 11 is 0. The smallest absolute Gasteiger partial charge is 0.224 e. The molecule has 6 heteroatoms. The van der Waals surface area contributed by atoms with Gasteiger partial charge in [0.2, 0.25) is 11.8 Å². The molecule has 0 bridgehead atoms. The van der Waals surface area contributed by atoms with E-state index in [1.54, 1.807) is 12.1 Å². The van der Waals surface area contributed by atoms with Crippen molar-refractivity contribution in [3.8, 4) is 11.6 Å². The number of rotatable bonds is 7. The predicted octanol–water partition coefficient (Wildman–Crippen LogP) is 4.20. The lowest BCUT2D eigenvalue weighted by molar-refractivity contribution is -0.121. The average molecular weight is 334 g/mol. The fourth-order valence-electron chi connectivity index (χ4n) is 2.00. The quantitative estimate of drug-likeness (QED) is 0.825. The summed E-state index contributed by atoms with van der Waals surface area (Å²) in [5.74, 6) is -1.15. The van der Waals surface area contributed by atoms with Crippen molar-refractivity contribution >= 4 is 5.91 Å². The molecule has 1 aromatic heterocycles. The van der Waals surface area contributed by atoms with Gasteiger partial charge < -0.3 is 10.1 Å². The van der Waals surface area contributed by atoms with Crippen LogP contribution in [0.5, 0.6) is 11.6 Å². The molecule has 1 N–H and O–H groups in total. The first-order valence-electron chi connectivity index (χ1n) is 7.79. The molecule has 128 valence electrons. The summed E-state index contributed by atoms with van der Waals surface area (Å²) in [5.41, 5.74) is 0.653. The third-order valence-corrected chi connectivity index (χ3v) is 3.38. The van der Waals surface area contributed by atoms with Crippen LogP contribution >= 0.6 is 0 Å². The van der Waals surface area contributed by atoms with Gasteiger partial charge in [-0.25, -0.2) is 13.8 Å². The van der Waals surface area contributed by atoms with Crippen LogP contribution in [0.4, 0.5) is 8.78 Å². The maximum atomic E-state index is 13.3. The number of nitrogens with zero attached hydrogens (tertiary/aromatic N) is 1.